The molecule has 0 spiro atoms. The van der Waals surface area contributed by atoms with Gasteiger partial charge in [-0.15, -0.1) is 15.2 Å². The van der Waals surface area contributed by atoms with Crippen molar-refractivity contribution in [2.24, 2.45) is 16.5 Å². The number of aromatic nitrogens is 3. The molecule has 164 valence electrons. The number of piperazine rings is 1. The zero-order valence-corrected chi connectivity index (χ0v) is 16.7. The fourth-order valence-electron chi connectivity index (χ4n) is 2.94. The van der Waals surface area contributed by atoms with Crippen molar-refractivity contribution in [2.75, 3.05) is 43.1 Å². The molecule has 31 heavy (non-hydrogen) atoms. The number of methoxy groups -OCH3 is 1. The van der Waals surface area contributed by atoms with Crippen LogP contribution in [0.5, 0.6) is 0 Å². The number of carbonyl (C=O) groups is 2. The van der Waals surface area contributed by atoms with Crippen LogP contribution in [0.15, 0.2) is 29.4 Å². The van der Waals surface area contributed by atoms with Crippen molar-refractivity contribution in [3.05, 3.63) is 41.5 Å². The van der Waals surface area contributed by atoms with Crippen molar-refractivity contribution in [3.63, 3.8) is 0 Å². The largest absolute Gasteiger partial charge is 0.464 e. The number of carbonyl (C=O) groups excluding carboxylic acids is 2. The number of hydrogen-bond donors (Lipinski definition) is 2. The highest BCUT2D eigenvalue weighted by Crippen LogP contribution is 2.23. The second kappa shape index (κ2) is 9.65. The van der Waals surface area contributed by atoms with Crippen LogP contribution in [0, 0.1) is 5.82 Å². The second-order valence-electron chi connectivity index (χ2n) is 6.44. The minimum atomic E-state index is -1.01. The number of guanidine groups is 1. The first kappa shape index (κ1) is 21.7. The Kier molecular flexibility index (Phi) is 6.74. The molecule has 0 bridgehead atoms. The number of esters is 1. The lowest BCUT2D eigenvalue weighted by molar-refractivity contribution is 0.0592. The number of pyridine rings is 1. The Morgan fingerprint density at radius 2 is 1.84 bits per heavy atom. The van der Waals surface area contributed by atoms with Gasteiger partial charge < -0.3 is 30.7 Å². The number of ether oxygens (including phenoxy) is 2. The van der Waals surface area contributed by atoms with E-state index < -0.39 is 23.8 Å². The lowest BCUT2D eigenvalue weighted by Crippen LogP contribution is -2.47. The molecule has 0 atom stereocenters. The molecule has 0 radical (unpaired) electrons. The molecule has 1 saturated heterocycles. The zero-order chi connectivity index (χ0) is 22.4. The molecule has 0 unspecified atom stereocenters. The predicted molar refractivity (Wildman–Crippen MR) is 108 cm³/mol. The summed E-state index contributed by atoms with van der Waals surface area (Å²) >= 11 is 0. The fraction of sp³-hybridized carbons (Fsp3) is 0.333. The standard InChI is InChI=1S/C18H21FN8O4/c1-30-16(28)12-2-3-13(25-24-12)26-6-8-27(9-7-26)15-14(19)11(4-5-22-15)10-31-18(29)23-17(20)21/h2-5H,6-10H2,1H3,(H4,20,21,23,29). The number of amides is 1. The van der Waals surface area contributed by atoms with E-state index in [1.165, 1.54) is 25.4 Å². The summed E-state index contributed by atoms with van der Waals surface area (Å²) in [4.78, 5) is 33.9. The monoisotopic (exact) mass is 432 g/mol. The number of halogens is 1. The van der Waals surface area contributed by atoms with Crippen LogP contribution in [0.2, 0.25) is 0 Å². The van der Waals surface area contributed by atoms with Crippen molar-refractivity contribution in [3.8, 4) is 0 Å². The Bertz CT molecular complexity index is 973. The number of nitrogens with zero attached hydrogens (tertiary/aromatic N) is 6. The Hall–Kier alpha value is -4.03. The molecule has 12 nitrogen and oxygen atoms in total. The molecule has 3 rings (SSSR count). The maximum atomic E-state index is 14.9. The Balaban J connectivity index is 1.62. The average molecular weight is 432 g/mol. The summed E-state index contributed by atoms with van der Waals surface area (Å²) < 4.78 is 24.3. The van der Waals surface area contributed by atoms with Gasteiger partial charge in [-0.25, -0.2) is 19.0 Å². The number of anilines is 2. The van der Waals surface area contributed by atoms with Crippen LogP contribution >= 0.6 is 0 Å². The van der Waals surface area contributed by atoms with Crippen molar-refractivity contribution >= 4 is 29.7 Å². The van der Waals surface area contributed by atoms with Crippen LogP contribution in [0.1, 0.15) is 16.1 Å². The van der Waals surface area contributed by atoms with E-state index in [4.69, 9.17) is 16.2 Å². The van der Waals surface area contributed by atoms with E-state index in [0.29, 0.717) is 32.0 Å². The van der Waals surface area contributed by atoms with Crippen LogP contribution in [0.4, 0.5) is 20.8 Å². The zero-order valence-electron chi connectivity index (χ0n) is 16.7. The van der Waals surface area contributed by atoms with Gasteiger partial charge >= 0.3 is 12.1 Å². The molecule has 1 aliphatic rings. The van der Waals surface area contributed by atoms with Crippen molar-refractivity contribution in [1.29, 1.82) is 0 Å². The number of nitrogens with two attached hydrogens (primary N) is 2. The van der Waals surface area contributed by atoms with E-state index in [-0.39, 0.29) is 23.7 Å². The number of rotatable bonds is 5. The minimum Gasteiger partial charge on any atom is -0.464 e. The Morgan fingerprint density at radius 1 is 1.13 bits per heavy atom. The molecule has 2 aromatic heterocycles. The van der Waals surface area contributed by atoms with E-state index in [1.807, 2.05) is 4.90 Å². The molecule has 13 heteroatoms. The first-order valence-corrected chi connectivity index (χ1v) is 9.20. The maximum Gasteiger partial charge on any atom is 0.437 e. The topological polar surface area (TPSA) is 162 Å². The van der Waals surface area contributed by atoms with E-state index >= 15 is 0 Å². The van der Waals surface area contributed by atoms with Gasteiger partial charge in [-0.2, -0.15) is 0 Å². The minimum absolute atomic E-state index is 0.119. The molecule has 0 saturated carbocycles. The summed E-state index contributed by atoms with van der Waals surface area (Å²) in [7, 11) is 1.27. The van der Waals surface area contributed by atoms with Gasteiger partial charge in [0.25, 0.3) is 0 Å². The van der Waals surface area contributed by atoms with Gasteiger partial charge in [0.15, 0.2) is 29.1 Å². The highest BCUT2D eigenvalue weighted by atomic mass is 19.1. The average Bonchev–Trinajstić information content (AvgIpc) is 2.77. The van der Waals surface area contributed by atoms with Gasteiger partial charge in [-0.05, 0) is 18.2 Å². The van der Waals surface area contributed by atoms with Crippen molar-refractivity contribution in [1.82, 2.24) is 15.2 Å². The Labute approximate surface area is 176 Å². The first-order chi connectivity index (χ1) is 14.9. The van der Waals surface area contributed by atoms with Gasteiger partial charge in [0.2, 0.25) is 0 Å². The lowest BCUT2D eigenvalue weighted by Gasteiger charge is -2.36. The fourth-order valence-corrected chi connectivity index (χ4v) is 2.94. The number of aliphatic imine (C=N–C) groups is 1. The smallest absolute Gasteiger partial charge is 0.437 e. The summed E-state index contributed by atoms with van der Waals surface area (Å²) in [6.45, 7) is 1.69. The first-order valence-electron chi connectivity index (χ1n) is 9.20. The third kappa shape index (κ3) is 5.32. The van der Waals surface area contributed by atoms with Gasteiger partial charge in [0.1, 0.15) is 6.61 Å². The molecule has 3 heterocycles. The maximum absolute atomic E-state index is 14.9. The Morgan fingerprint density at radius 3 is 2.45 bits per heavy atom. The quantitative estimate of drug-likeness (QED) is 0.372. The number of hydrogen-bond acceptors (Lipinski definition) is 9. The second-order valence-corrected chi connectivity index (χ2v) is 6.44. The van der Waals surface area contributed by atoms with Crippen LogP contribution in [-0.2, 0) is 16.1 Å². The molecule has 0 aliphatic carbocycles. The third-order valence-corrected chi connectivity index (χ3v) is 4.47. The van der Waals surface area contributed by atoms with Crippen LogP contribution in [0.3, 0.4) is 0 Å². The van der Waals surface area contributed by atoms with Crippen molar-refractivity contribution in [2.45, 2.75) is 6.61 Å². The molecular weight excluding hydrogens is 411 g/mol. The normalized spacial score (nSPS) is 13.5. The molecule has 0 aromatic carbocycles. The molecular formula is C18H21FN8O4. The summed E-state index contributed by atoms with van der Waals surface area (Å²) in [5.41, 5.74) is 10.5. The summed E-state index contributed by atoms with van der Waals surface area (Å²) in [6, 6.07) is 4.63. The summed E-state index contributed by atoms with van der Waals surface area (Å²) in [6.07, 6.45) is 0.427. The van der Waals surface area contributed by atoms with Crippen LogP contribution < -0.4 is 21.3 Å². The van der Waals surface area contributed by atoms with Crippen LogP contribution in [0.25, 0.3) is 0 Å². The van der Waals surface area contributed by atoms with E-state index in [2.05, 4.69) is 24.9 Å². The summed E-state index contributed by atoms with van der Waals surface area (Å²) in [5, 5.41) is 7.91. The third-order valence-electron chi connectivity index (χ3n) is 4.47. The highest BCUT2D eigenvalue weighted by molar-refractivity contribution is 5.88. The van der Waals surface area contributed by atoms with Crippen molar-refractivity contribution < 1.29 is 23.5 Å². The molecule has 1 fully saturated rings. The SMILES string of the molecule is COC(=O)c1ccc(N2CCN(c3nccc(COC(=O)N=C(N)N)c3F)CC2)nn1. The van der Waals surface area contributed by atoms with Gasteiger partial charge in [0.05, 0.1) is 7.11 Å². The molecule has 4 N–H and O–H groups in total. The van der Waals surface area contributed by atoms with E-state index in [1.54, 1.807) is 11.0 Å². The van der Waals surface area contributed by atoms with Gasteiger partial charge in [0, 0.05) is 37.9 Å². The van der Waals surface area contributed by atoms with Gasteiger partial charge in [-0.3, -0.25) is 0 Å². The molecule has 2 aromatic rings. The lowest BCUT2D eigenvalue weighted by atomic mass is 10.2. The van der Waals surface area contributed by atoms with Crippen LogP contribution in [-0.4, -0.2) is 66.5 Å². The predicted octanol–water partition coefficient (Wildman–Crippen LogP) is 0.0339. The van der Waals surface area contributed by atoms with E-state index in [9.17, 15) is 14.0 Å². The van der Waals surface area contributed by atoms with E-state index in [0.717, 1.165) is 0 Å². The summed E-state index contributed by atoms with van der Waals surface area (Å²) in [5.74, 6) is -0.836. The molecule has 1 amide bonds. The highest BCUT2D eigenvalue weighted by Gasteiger charge is 2.23. The molecule has 1 aliphatic heterocycles. The van der Waals surface area contributed by atoms with Gasteiger partial charge in [-0.1, -0.05) is 0 Å².